The standard InChI is InChI=1S/C11H26NO3PS/c1-6-11(15-16(13,14)17)7-8-12(9(2)3)10(4)5/h9-11H,6-8H2,1-5H3,(H2,13,14,17). The summed E-state index contributed by atoms with van der Waals surface area (Å²) in [5.41, 5.74) is 0. The Kier molecular flexibility index (Phi) is 8.01. The van der Waals surface area contributed by atoms with Gasteiger partial charge in [0.25, 0.3) is 0 Å². The molecule has 17 heavy (non-hydrogen) atoms. The molecule has 0 aromatic rings. The van der Waals surface area contributed by atoms with E-state index in [4.69, 9.17) is 9.42 Å². The molecular formula is C11H26NO3PS. The summed E-state index contributed by atoms with van der Waals surface area (Å²) in [4.78, 5) is 11.4. The van der Waals surface area contributed by atoms with Crippen molar-refractivity contribution in [1.29, 1.82) is 0 Å². The third-order valence-corrected chi connectivity index (χ3v) is 3.63. The summed E-state index contributed by atoms with van der Waals surface area (Å²) >= 11 is 3.55. The minimum absolute atomic E-state index is 0.205. The zero-order chi connectivity index (χ0) is 13.6. The fourth-order valence-electron chi connectivity index (χ4n) is 1.93. The number of nitrogens with zero attached hydrogens (tertiary/aromatic N) is 1. The quantitative estimate of drug-likeness (QED) is 0.530. The van der Waals surface area contributed by atoms with Crippen molar-refractivity contribution in [3.63, 3.8) is 0 Å². The van der Waals surface area contributed by atoms with Gasteiger partial charge in [-0.2, -0.15) is 0 Å². The molecule has 0 saturated carbocycles. The average molecular weight is 283 g/mol. The van der Waals surface area contributed by atoms with Crippen LogP contribution in [-0.4, -0.2) is 34.5 Å². The molecule has 0 rings (SSSR count). The van der Waals surface area contributed by atoms with Crippen molar-refractivity contribution in [3.8, 4) is 0 Å². The van der Waals surface area contributed by atoms with Crippen LogP contribution in [0.1, 0.15) is 47.5 Å². The lowest BCUT2D eigenvalue weighted by Crippen LogP contribution is -2.39. The van der Waals surface area contributed by atoms with Crippen LogP contribution in [0.25, 0.3) is 0 Å². The van der Waals surface area contributed by atoms with Crippen LogP contribution in [0, 0.1) is 0 Å². The van der Waals surface area contributed by atoms with Gasteiger partial charge in [-0.3, -0.25) is 9.42 Å². The molecule has 104 valence electrons. The lowest BCUT2D eigenvalue weighted by atomic mass is 10.1. The Balaban J connectivity index is 4.25. The second kappa shape index (κ2) is 7.80. The van der Waals surface area contributed by atoms with Gasteiger partial charge in [0.15, 0.2) is 0 Å². The highest BCUT2D eigenvalue weighted by Crippen LogP contribution is 2.48. The number of rotatable bonds is 8. The molecule has 0 bridgehead atoms. The summed E-state index contributed by atoms with van der Waals surface area (Å²) in [6.45, 7) is 7.74. The molecule has 0 spiro atoms. The summed E-state index contributed by atoms with van der Waals surface area (Å²) in [5, 5.41) is 0. The Hall–Kier alpha value is 0.460. The average Bonchev–Trinajstić information content (AvgIpc) is 2.13. The van der Waals surface area contributed by atoms with Gasteiger partial charge in [-0.15, -0.1) is 0 Å². The Morgan fingerprint density at radius 3 is 2.06 bits per heavy atom. The molecule has 0 heterocycles. The second-order valence-electron chi connectivity index (χ2n) is 4.84. The molecule has 0 aliphatic rings. The zero-order valence-corrected chi connectivity index (χ0v) is 13.2. The molecule has 0 aliphatic heterocycles. The lowest BCUT2D eigenvalue weighted by molar-refractivity contribution is 0.120. The van der Waals surface area contributed by atoms with Crippen molar-refractivity contribution in [2.45, 2.75) is 65.6 Å². The monoisotopic (exact) mass is 283 g/mol. The van der Waals surface area contributed by atoms with E-state index in [1.165, 1.54) is 0 Å². The topological polar surface area (TPSA) is 49.8 Å². The molecule has 0 saturated heterocycles. The Morgan fingerprint density at radius 2 is 1.76 bits per heavy atom. The lowest BCUT2D eigenvalue weighted by Gasteiger charge is -2.31. The smallest absolute Gasteiger partial charge is 0.317 e. The fraction of sp³-hybridized carbons (Fsp3) is 1.00. The van der Waals surface area contributed by atoms with Crippen molar-refractivity contribution in [2.24, 2.45) is 0 Å². The normalized spacial score (nSPS) is 17.8. The van der Waals surface area contributed by atoms with Crippen molar-refractivity contribution >= 4 is 19.0 Å². The predicted octanol–water partition coefficient (Wildman–Crippen LogP) is 3.32. The highest BCUT2D eigenvalue weighted by Gasteiger charge is 2.21. The Bertz CT molecular complexity index is 247. The Labute approximate surface area is 110 Å². The third-order valence-electron chi connectivity index (χ3n) is 2.78. The first kappa shape index (κ1) is 17.5. The number of hydrogen-bond acceptors (Lipinski definition) is 3. The van der Waals surface area contributed by atoms with Crippen LogP contribution >= 0.6 is 19.0 Å². The first-order valence-electron chi connectivity index (χ1n) is 6.17. The van der Waals surface area contributed by atoms with Crippen molar-refractivity contribution < 1.29 is 14.0 Å². The first-order chi connectivity index (χ1) is 7.67. The molecule has 6 heteroatoms. The van der Waals surface area contributed by atoms with Crippen LogP contribution in [-0.2, 0) is 9.09 Å². The summed E-state index contributed by atoms with van der Waals surface area (Å²) in [6, 6.07) is 0.925. The van der Waals surface area contributed by atoms with E-state index in [0.29, 0.717) is 12.1 Å². The van der Waals surface area contributed by atoms with E-state index in [2.05, 4.69) is 44.8 Å². The number of thiol groups is 1. The molecule has 4 nitrogen and oxygen atoms in total. The van der Waals surface area contributed by atoms with Crippen LogP contribution in [0.4, 0.5) is 0 Å². The van der Waals surface area contributed by atoms with E-state index in [1.807, 2.05) is 6.92 Å². The molecule has 0 amide bonds. The molecule has 2 unspecified atom stereocenters. The highest BCUT2D eigenvalue weighted by atomic mass is 32.7. The van der Waals surface area contributed by atoms with Gasteiger partial charge in [0.1, 0.15) is 0 Å². The van der Waals surface area contributed by atoms with E-state index in [-0.39, 0.29) is 6.10 Å². The highest BCUT2D eigenvalue weighted by molar-refractivity contribution is 8.44. The van der Waals surface area contributed by atoms with Gasteiger partial charge < -0.3 is 4.89 Å². The van der Waals surface area contributed by atoms with E-state index in [0.717, 1.165) is 19.4 Å². The summed E-state index contributed by atoms with van der Waals surface area (Å²) in [7, 11) is 0. The Morgan fingerprint density at radius 1 is 1.29 bits per heavy atom. The molecule has 2 atom stereocenters. The van der Waals surface area contributed by atoms with Gasteiger partial charge in [0, 0.05) is 18.6 Å². The zero-order valence-electron chi connectivity index (χ0n) is 11.5. The third kappa shape index (κ3) is 8.22. The summed E-state index contributed by atoms with van der Waals surface area (Å²) in [6.07, 6.45) is 1.26. The SMILES string of the molecule is CCC(CCN(C(C)C)C(C)C)OP(=O)(O)S. The van der Waals surface area contributed by atoms with E-state index < -0.39 is 6.80 Å². The molecule has 0 aliphatic carbocycles. The summed E-state index contributed by atoms with van der Waals surface area (Å²) in [5.74, 6) is 0. The molecule has 0 aromatic carbocycles. The number of hydrogen-bond donors (Lipinski definition) is 2. The van der Waals surface area contributed by atoms with Crippen molar-refractivity contribution in [1.82, 2.24) is 4.90 Å². The maximum absolute atomic E-state index is 11.1. The van der Waals surface area contributed by atoms with Crippen molar-refractivity contribution in [2.75, 3.05) is 6.54 Å². The minimum atomic E-state index is -3.67. The largest absolute Gasteiger partial charge is 0.383 e. The predicted molar refractivity (Wildman–Crippen MR) is 75.6 cm³/mol. The van der Waals surface area contributed by atoms with Gasteiger partial charge in [-0.1, -0.05) is 19.2 Å². The van der Waals surface area contributed by atoms with Crippen LogP contribution in [0.2, 0.25) is 0 Å². The van der Waals surface area contributed by atoms with Gasteiger partial charge in [0.05, 0.1) is 6.10 Å². The maximum atomic E-state index is 11.1. The van der Waals surface area contributed by atoms with E-state index in [1.54, 1.807) is 0 Å². The van der Waals surface area contributed by atoms with E-state index >= 15 is 0 Å². The van der Waals surface area contributed by atoms with Gasteiger partial charge >= 0.3 is 6.80 Å². The minimum Gasteiger partial charge on any atom is -0.317 e. The van der Waals surface area contributed by atoms with Crippen LogP contribution in [0.5, 0.6) is 0 Å². The second-order valence-corrected chi connectivity index (χ2v) is 7.55. The van der Waals surface area contributed by atoms with Gasteiger partial charge in [0.2, 0.25) is 0 Å². The summed E-state index contributed by atoms with van der Waals surface area (Å²) < 4.78 is 16.1. The van der Waals surface area contributed by atoms with Crippen molar-refractivity contribution in [3.05, 3.63) is 0 Å². The molecular weight excluding hydrogens is 257 g/mol. The fourth-order valence-corrected chi connectivity index (χ4v) is 2.97. The van der Waals surface area contributed by atoms with Crippen LogP contribution in [0.15, 0.2) is 0 Å². The van der Waals surface area contributed by atoms with Gasteiger partial charge in [-0.05, 0) is 40.5 Å². The van der Waals surface area contributed by atoms with Gasteiger partial charge in [-0.25, -0.2) is 4.57 Å². The van der Waals surface area contributed by atoms with Crippen LogP contribution in [0.3, 0.4) is 0 Å². The maximum Gasteiger partial charge on any atom is 0.383 e. The molecule has 1 N–H and O–H groups in total. The molecule has 0 aromatic heterocycles. The first-order valence-corrected chi connectivity index (χ1v) is 8.90. The molecule has 0 radical (unpaired) electrons. The van der Waals surface area contributed by atoms with Crippen LogP contribution < -0.4 is 0 Å². The molecule has 0 fully saturated rings. The van der Waals surface area contributed by atoms with E-state index in [9.17, 15) is 4.57 Å².